The van der Waals surface area contributed by atoms with Gasteiger partial charge in [0.15, 0.2) is 17.3 Å². The third-order valence-corrected chi connectivity index (χ3v) is 4.48. The SMILES string of the molecule is COCc1noc(NCC2CN(c3ccc4nnc(C(C)(C)C)n4n3)C2)n1. The van der Waals surface area contributed by atoms with Crippen molar-refractivity contribution in [1.29, 1.82) is 0 Å². The zero-order valence-corrected chi connectivity index (χ0v) is 16.0. The molecule has 0 unspecified atom stereocenters. The van der Waals surface area contributed by atoms with E-state index in [0.717, 1.165) is 36.9 Å². The van der Waals surface area contributed by atoms with Gasteiger partial charge >= 0.3 is 6.01 Å². The molecule has 144 valence electrons. The summed E-state index contributed by atoms with van der Waals surface area (Å²) in [6.07, 6.45) is 0. The number of hydrogen-bond acceptors (Lipinski definition) is 9. The van der Waals surface area contributed by atoms with E-state index in [-0.39, 0.29) is 5.41 Å². The number of fused-ring (bicyclic) bond motifs is 1. The van der Waals surface area contributed by atoms with Crippen molar-refractivity contribution < 1.29 is 9.26 Å². The standard InChI is InChI=1S/C17H24N8O2/c1-17(2,3)15-21-20-13-5-6-14(22-25(13)15)24-8-11(9-24)7-18-16-19-12(10-26-4)23-27-16/h5-6,11H,7-10H2,1-4H3,(H,18,19,23). The highest BCUT2D eigenvalue weighted by atomic mass is 16.5. The second-order valence-corrected chi connectivity index (χ2v) is 7.84. The zero-order valence-electron chi connectivity index (χ0n) is 16.0. The summed E-state index contributed by atoms with van der Waals surface area (Å²) in [6.45, 7) is 9.27. The predicted molar refractivity (Wildman–Crippen MR) is 98.7 cm³/mol. The van der Waals surface area contributed by atoms with Crippen molar-refractivity contribution in [2.24, 2.45) is 5.92 Å². The van der Waals surface area contributed by atoms with Crippen molar-refractivity contribution in [1.82, 2.24) is 30.0 Å². The largest absolute Gasteiger partial charge is 0.377 e. The van der Waals surface area contributed by atoms with Crippen LogP contribution in [0.25, 0.3) is 5.65 Å². The average Bonchev–Trinajstić information content (AvgIpc) is 3.19. The van der Waals surface area contributed by atoms with Crippen LogP contribution in [0, 0.1) is 5.92 Å². The van der Waals surface area contributed by atoms with Gasteiger partial charge in [0.25, 0.3) is 0 Å². The lowest BCUT2D eigenvalue weighted by molar-refractivity contribution is 0.174. The molecule has 1 aliphatic rings. The monoisotopic (exact) mass is 372 g/mol. The van der Waals surface area contributed by atoms with Crippen LogP contribution in [0.2, 0.25) is 0 Å². The first-order valence-electron chi connectivity index (χ1n) is 8.97. The van der Waals surface area contributed by atoms with E-state index in [2.05, 4.69) is 51.3 Å². The van der Waals surface area contributed by atoms with Crippen molar-refractivity contribution in [3.05, 3.63) is 23.8 Å². The van der Waals surface area contributed by atoms with Gasteiger partial charge in [-0.15, -0.1) is 15.3 Å². The van der Waals surface area contributed by atoms with E-state index in [9.17, 15) is 0 Å². The summed E-state index contributed by atoms with van der Waals surface area (Å²) in [5, 5.41) is 20.3. The molecule has 1 aliphatic heterocycles. The fourth-order valence-electron chi connectivity index (χ4n) is 3.05. The highest BCUT2D eigenvalue weighted by molar-refractivity contribution is 5.48. The van der Waals surface area contributed by atoms with Crippen molar-refractivity contribution >= 4 is 17.5 Å². The number of methoxy groups -OCH3 is 1. The van der Waals surface area contributed by atoms with Crippen LogP contribution >= 0.6 is 0 Å². The molecule has 1 saturated heterocycles. The molecule has 4 heterocycles. The van der Waals surface area contributed by atoms with Crippen molar-refractivity contribution in [3.63, 3.8) is 0 Å². The Kier molecular flexibility index (Phi) is 4.42. The summed E-state index contributed by atoms with van der Waals surface area (Å²) < 4.78 is 12.0. The van der Waals surface area contributed by atoms with Gasteiger partial charge in [-0.25, -0.2) is 0 Å². The van der Waals surface area contributed by atoms with E-state index in [1.54, 1.807) is 7.11 Å². The molecule has 27 heavy (non-hydrogen) atoms. The molecule has 0 spiro atoms. The van der Waals surface area contributed by atoms with Gasteiger partial charge in [-0.05, 0) is 12.1 Å². The Hall–Kier alpha value is -2.75. The molecule has 0 atom stereocenters. The second kappa shape index (κ2) is 6.76. The van der Waals surface area contributed by atoms with Crippen LogP contribution < -0.4 is 10.2 Å². The molecule has 3 aromatic rings. The van der Waals surface area contributed by atoms with Gasteiger partial charge in [0.05, 0.1) is 0 Å². The molecule has 3 aromatic heterocycles. The van der Waals surface area contributed by atoms with E-state index >= 15 is 0 Å². The lowest BCUT2D eigenvalue weighted by atomic mass is 9.96. The maximum Gasteiger partial charge on any atom is 0.321 e. The molecule has 10 nitrogen and oxygen atoms in total. The molecule has 4 rings (SSSR count). The third-order valence-electron chi connectivity index (χ3n) is 4.48. The Morgan fingerprint density at radius 2 is 2.07 bits per heavy atom. The maximum atomic E-state index is 5.14. The Bertz CT molecular complexity index is 923. The fraction of sp³-hybridized carbons (Fsp3) is 0.588. The molecular weight excluding hydrogens is 348 g/mol. The van der Waals surface area contributed by atoms with Gasteiger partial charge in [0, 0.05) is 38.1 Å². The highest BCUT2D eigenvalue weighted by Crippen LogP contribution is 2.25. The van der Waals surface area contributed by atoms with Gasteiger partial charge in [-0.2, -0.15) is 9.50 Å². The Morgan fingerprint density at radius 1 is 1.26 bits per heavy atom. The lowest BCUT2D eigenvalue weighted by Gasteiger charge is -2.40. The van der Waals surface area contributed by atoms with Crippen LogP contribution in [0.5, 0.6) is 0 Å². The first kappa shape index (κ1) is 17.7. The van der Waals surface area contributed by atoms with Crippen LogP contribution in [0.4, 0.5) is 11.8 Å². The molecule has 1 fully saturated rings. The number of rotatable bonds is 6. The smallest absolute Gasteiger partial charge is 0.321 e. The van der Waals surface area contributed by atoms with Crippen molar-refractivity contribution in [3.8, 4) is 0 Å². The summed E-state index contributed by atoms with van der Waals surface area (Å²) in [5.41, 5.74) is 0.656. The first-order valence-corrected chi connectivity index (χ1v) is 8.97. The Balaban J connectivity index is 1.36. The summed E-state index contributed by atoms with van der Waals surface area (Å²) in [4.78, 5) is 6.45. The van der Waals surface area contributed by atoms with Crippen LogP contribution in [0.3, 0.4) is 0 Å². The second-order valence-electron chi connectivity index (χ2n) is 7.84. The minimum absolute atomic E-state index is 0.113. The van der Waals surface area contributed by atoms with Crippen LogP contribution in [-0.4, -0.2) is 56.7 Å². The number of hydrogen-bond donors (Lipinski definition) is 1. The molecular formula is C17H24N8O2. The summed E-state index contributed by atoms with van der Waals surface area (Å²) in [6, 6.07) is 4.39. The molecule has 0 amide bonds. The van der Waals surface area contributed by atoms with Crippen LogP contribution in [-0.2, 0) is 16.8 Å². The summed E-state index contributed by atoms with van der Waals surface area (Å²) >= 11 is 0. The molecule has 0 radical (unpaired) electrons. The maximum absolute atomic E-state index is 5.14. The quantitative estimate of drug-likeness (QED) is 0.689. The summed E-state index contributed by atoms with van der Waals surface area (Å²) in [7, 11) is 1.60. The topological polar surface area (TPSA) is 106 Å². The Labute approximate surface area is 156 Å². The predicted octanol–water partition coefficient (Wildman–Crippen LogP) is 1.50. The molecule has 0 aromatic carbocycles. The van der Waals surface area contributed by atoms with Gasteiger partial charge in [0.2, 0.25) is 0 Å². The van der Waals surface area contributed by atoms with Gasteiger partial charge in [0.1, 0.15) is 12.4 Å². The first-order chi connectivity index (χ1) is 12.9. The van der Waals surface area contributed by atoms with Crippen molar-refractivity contribution in [2.75, 3.05) is 37.0 Å². The van der Waals surface area contributed by atoms with Gasteiger partial charge in [-0.1, -0.05) is 25.9 Å². The molecule has 10 heteroatoms. The molecule has 0 aliphatic carbocycles. The van der Waals surface area contributed by atoms with E-state index in [1.807, 2.05) is 16.6 Å². The minimum atomic E-state index is -0.113. The van der Waals surface area contributed by atoms with E-state index < -0.39 is 0 Å². The molecule has 0 saturated carbocycles. The van der Waals surface area contributed by atoms with Crippen LogP contribution in [0.1, 0.15) is 32.4 Å². The highest BCUT2D eigenvalue weighted by Gasteiger charge is 2.29. The van der Waals surface area contributed by atoms with E-state index in [4.69, 9.17) is 14.4 Å². The number of nitrogens with one attached hydrogen (secondary N) is 1. The van der Waals surface area contributed by atoms with Gasteiger partial charge < -0.3 is 19.5 Å². The van der Waals surface area contributed by atoms with E-state index in [1.165, 1.54) is 0 Å². The zero-order chi connectivity index (χ0) is 19.0. The molecule has 1 N–H and O–H groups in total. The minimum Gasteiger partial charge on any atom is -0.377 e. The van der Waals surface area contributed by atoms with E-state index in [0.29, 0.717) is 24.4 Å². The molecule has 0 bridgehead atoms. The number of anilines is 2. The number of aromatic nitrogens is 6. The third kappa shape index (κ3) is 3.57. The van der Waals surface area contributed by atoms with Gasteiger partial charge in [-0.3, -0.25) is 0 Å². The van der Waals surface area contributed by atoms with Crippen molar-refractivity contribution in [2.45, 2.75) is 32.8 Å². The lowest BCUT2D eigenvalue weighted by Crippen LogP contribution is -2.50. The Morgan fingerprint density at radius 3 is 2.81 bits per heavy atom. The number of nitrogens with zero attached hydrogens (tertiary/aromatic N) is 7. The summed E-state index contributed by atoms with van der Waals surface area (Å²) in [5.74, 6) is 2.82. The normalized spacial score (nSPS) is 15.3. The average molecular weight is 372 g/mol. The van der Waals surface area contributed by atoms with Crippen LogP contribution in [0.15, 0.2) is 16.7 Å². The number of ether oxygens (including phenoxy) is 1. The fourth-order valence-corrected chi connectivity index (χ4v) is 3.05.